The number of halogens is 2. The van der Waals surface area contributed by atoms with Gasteiger partial charge in [0, 0.05) is 37.8 Å². The molecule has 2 aliphatic rings. The van der Waals surface area contributed by atoms with Crippen LogP contribution < -0.4 is 14.4 Å². The summed E-state index contributed by atoms with van der Waals surface area (Å²) < 4.78 is 42.1. The molecule has 12 heteroatoms. The Bertz CT molecular complexity index is 1490. The average Bonchev–Trinajstić information content (AvgIpc) is 3.76. The minimum atomic E-state index is -2.97. The van der Waals surface area contributed by atoms with Crippen molar-refractivity contribution >= 4 is 26.7 Å². The summed E-state index contributed by atoms with van der Waals surface area (Å²) in [6, 6.07) is 17.9. The molecule has 5 rings (SSSR count). The number of pyridine rings is 1. The fourth-order valence-corrected chi connectivity index (χ4v) is 7.36. The van der Waals surface area contributed by atoms with E-state index in [0.717, 1.165) is 29.7 Å². The van der Waals surface area contributed by atoms with Gasteiger partial charge in [0.05, 0.1) is 18.0 Å². The van der Waals surface area contributed by atoms with Crippen molar-refractivity contribution in [1.82, 2.24) is 9.88 Å². The lowest BCUT2D eigenvalue weighted by molar-refractivity contribution is -0.128. The summed E-state index contributed by atoms with van der Waals surface area (Å²) in [5.74, 6) is 0.452. The van der Waals surface area contributed by atoms with Crippen LogP contribution in [0.4, 0.5) is 19.3 Å². The van der Waals surface area contributed by atoms with Crippen molar-refractivity contribution in [2.45, 2.75) is 64.1 Å². The molecule has 0 bridgehead atoms. The molecular formula is C33H39F2N3O6Si. The highest BCUT2D eigenvalue weighted by molar-refractivity contribution is 6.73. The van der Waals surface area contributed by atoms with Gasteiger partial charge in [0.15, 0.2) is 27.2 Å². The van der Waals surface area contributed by atoms with Crippen LogP contribution in [0.1, 0.15) is 60.8 Å². The Morgan fingerprint density at radius 2 is 1.87 bits per heavy atom. The van der Waals surface area contributed by atoms with Crippen molar-refractivity contribution in [2.75, 3.05) is 25.1 Å². The Hall–Kier alpha value is -4.03. The molecule has 0 radical (unpaired) electrons. The Balaban J connectivity index is 1.20. The summed E-state index contributed by atoms with van der Waals surface area (Å²) in [6.07, 6.45) is 1.67. The Labute approximate surface area is 263 Å². The van der Waals surface area contributed by atoms with Gasteiger partial charge in [-0.1, -0.05) is 29.8 Å². The zero-order chi connectivity index (χ0) is 32.1. The van der Waals surface area contributed by atoms with E-state index in [4.69, 9.17) is 9.47 Å². The molecule has 1 amide bonds. The Morgan fingerprint density at radius 1 is 1.11 bits per heavy atom. The minimum absolute atomic E-state index is 0.0164. The van der Waals surface area contributed by atoms with Gasteiger partial charge < -0.3 is 29.1 Å². The van der Waals surface area contributed by atoms with E-state index in [1.54, 1.807) is 47.2 Å². The van der Waals surface area contributed by atoms with Crippen LogP contribution in [0.3, 0.4) is 0 Å². The van der Waals surface area contributed by atoms with E-state index in [-0.39, 0.29) is 41.2 Å². The number of benzene rings is 2. The molecule has 3 aromatic rings. The number of likely N-dealkylation sites (tertiary alicyclic amines) is 1. The molecule has 2 heterocycles. The molecule has 0 spiro atoms. The zero-order valence-corrected chi connectivity index (χ0v) is 27.1. The van der Waals surface area contributed by atoms with Crippen LogP contribution in [0.15, 0.2) is 60.7 Å². The summed E-state index contributed by atoms with van der Waals surface area (Å²) in [5, 5.41) is 10.9. The van der Waals surface area contributed by atoms with Gasteiger partial charge in [-0.05, 0) is 74.1 Å². The lowest BCUT2D eigenvalue weighted by atomic mass is 9.98. The number of carbonyl (C=O) groups is 2. The van der Waals surface area contributed by atoms with E-state index in [1.807, 2.05) is 31.2 Å². The fraction of sp³-hybridized carbons (Fsp3) is 0.424. The molecule has 2 unspecified atom stereocenters. The minimum Gasteiger partial charge on any atom is -0.489 e. The molecule has 240 valence electrons. The first-order valence-corrected chi connectivity index (χ1v) is 16.7. The van der Waals surface area contributed by atoms with Crippen molar-refractivity contribution in [3.63, 3.8) is 0 Å². The number of aliphatic hydroxyl groups is 1. The van der Waals surface area contributed by atoms with E-state index in [9.17, 15) is 23.5 Å². The first kappa shape index (κ1) is 32.4. The second-order valence-electron chi connectivity index (χ2n) is 11.8. The van der Waals surface area contributed by atoms with E-state index in [1.165, 1.54) is 13.0 Å². The summed E-state index contributed by atoms with van der Waals surface area (Å²) in [4.78, 5) is 33.4. The Kier molecular flexibility index (Phi) is 10.3. The molecular weight excluding hydrogens is 600 g/mol. The predicted molar refractivity (Wildman–Crippen MR) is 167 cm³/mol. The molecule has 2 aromatic carbocycles. The lowest BCUT2D eigenvalue weighted by Gasteiger charge is -2.25. The number of aliphatic hydroxyl groups excluding tert-OH is 1. The third-order valence-electron chi connectivity index (χ3n) is 8.33. The maximum Gasteiger partial charge on any atom is 0.387 e. The number of ether oxygens (including phenoxy) is 3. The summed E-state index contributed by atoms with van der Waals surface area (Å²) >= 11 is 0. The molecule has 1 saturated carbocycles. The van der Waals surface area contributed by atoms with Crippen LogP contribution in [0.25, 0.3) is 0 Å². The standard InChI is InChI=1S/C33H39F2N3O6Si/c1-20-7-12-26(13-8-20)37(3)31(40)27-6-4-5-25(36-27)19-43-33(41)45-30-16-24(17-38(30)21(2)39)23-11-14-28(44-32(34)35)29(15-23)42-18-22-9-10-22/h4-8,11-15,22,24,30-32,40H,9-10,16-19,45H2,1-3H3/t24-,30?,31?/m1/s1. The second-order valence-corrected chi connectivity index (χ2v) is 13.8. The maximum absolute atomic E-state index is 13.0. The molecule has 1 aliphatic carbocycles. The van der Waals surface area contributed by atoms with Gasteiger partial charge in [-0.15, -0.1) is 0 Å². The van der Waals surface area contributed by atoms with Crippen LogP contribution in [0, 0.1) is 12.8 Å². The molecule has 9 nitrogen and oxygen atoms in total. The number of amides is 1. The summed E-state index contributed by atoms with van der Waals surface area (Å²) in [6.45, 7) is 1.30. The van der Waals surface area contributed by atoms with Gasteiger partial charge in [0.1, 0.15) is 6.61 Å². The Morgan fingerprint density at radius 3 is 2.56 bits per heavy atom. The number of nitrogens with zero attached hydrogens (tertiary/aromatic N) is 3. The third-order valence-corrected chi connectivity index (χ3v) is 10.1. The molecule has 3 atom stereocenters. The van der Waals surface area contributed by atoms with Gasteiger partial charge in [-0.3, -0.25) is 9.59 Å². The van der Waals surface area contributed by atoms with Crippen molar-refractivity contribution < 1.29 is 37.7 Å². The number of aryl methyl sites for hydroxylation is 1. The van der Waals surface area contributed by atoms with E-state index >= 15 is 0 Å². The SMILES string of the molecule is CC(=O)N1C[C@H](c2ccc(OC(F)F)c(OCC3CC3)c2)CC1[SiH2]C(=O)OCc1cccc(C(O)N(C)c2ccc(C)cc2)n1. The lowest BCUT2D eigenvalue weighted by Crippen LogP contribution is -2.40. The van der Waals surface area contributed by atoms with Gasteiger partial charge in [0.25, 0.3) is 5.59 Å². The predicted octanol–water partition coefficient (Wildman–Crippen LogP) is 5.08. The smallest absolute Gasteiger partial charge is 0.387 e. The summed E-state index contributed by atoms with van der Waals surface area (Å²) in [7, 11) is 0.228. The van der Waals surface area contributed by atoms with E-state index < -0.39 is 22.4 Å². The van der Waals surface area contributed by atoms with Gasteiger partial charge >= 0.3 is 6.61 Å². The van der Waals surface area contributed by atoms with Crippen LogP contribution >= 0.6 is 0 Å². The number of anilines is 1. The van der Waals surface area contributed by atoms with Gasteiger partial charge in [0.2, 0.25) is 5.91 Å². The van der Waals surface area contributed by atoms with Crippen molar-refractivity contribution in [3.8, 4) is 11.5 Å². The first-order chi connectivity index (χ1) is 21.6. The number of alkyl halides is 2. The van der Waals surface area contributed by atoms with Gasteiger partial charge in [-0.25, -0.2) is 4.98 Å². The quantitative estimate of drug-likeness (QED) is 0.204. The molecule has 2 fully saturated rings. The number of aromatic nitrogens is 1. The van der Waals surface area contributed by atoms with E-state index in [2.05, 4.69) is 9.72 Å². The topological polar surface area (TPSA) is 101 Å². The maximum atomic E-state index is 13.0. The van der Waals surface area contributed by atoms with Crippen molar-refractivity contribution in [2.24, 2.45) is 5.92 Å². The molecule has 1 aromatic heterocycles. The van der Waals surface area contributed by atoms with E-state index in [0.29, 0.717) is 36.9 Å². The number of carbonyl (C=O) groups excluding carboxylic acids is 2. The highest BCUT2D eigenvalue weighted by atomic mass is 28.2. The second kappa shape index (κ2) is 14.4. The molecule has 45 heavy (non-hydrogen) atoms. The monoisotopic (exact) mass is 639 g/mol. The highest BCUT2D eigenvalue weighted by Crippen LogP contribution is 2.39. The van der Waals surface area contributed by atoms with Crippen LogP contribution in [0.2, 0.25) is 0 Å². The molecule has 1 saturated heterocycles. The zero-order valence-electron chi connectivity index (χ0n) is 25.7. The first-order valence-electron chi connectivity index (χ1n) is 15.1. The van der Waals surface area contributed by atoms with Gasteiger partial charge in [-0.2, -0.15) is 8.78 Å². The molecule has 1 N–H and O–H groups in total. The average molecular weight is 640 g/mol. The molecule has 1 aliphatic heterocycles. The van der Waals surface area contributed by atoms with Crippen molar-refractivity contribution in [1.29, 1.82) is 0 Å². The number of rotatable bonds is 13. The third kappa shape index (κ3) is 8.57. The van der Waals surface area contributed by atoms with Crippen LogP contribution in [-0.4, -0.2) is 68.5 Å². The van der Waals surface area contributed by atoms with Crippen molar-refractivity contribution in [3.05, 3.63) is 83.2 Å². The fourth-order valence-electron chi connectivity index (χ4n) is 5.56. The summed E-state index contributed by atoms with van der Waals surface area (Å²) in [5.41, 5.74) is 3.13. The normalized spacial score (nSPS) is 18.8. The highest BCUT2D eigenvalue weighted by Gasteiger charge is 2.37. The number of hydrogen-bond donors (Lipinski definition) is 1. The van der Waals surface area contributed by atoms with Crippen LogP contribution in [0.5, 0.6) is 11.5 Å². The largest absolute Gasteiger partial charge is 0.489 e. The van der Waals surface area contributed by atoms with Crippen LogP contribution in [-0.2, 0) is 16.1 Å². The number of hydrogen-bond acceptors (Lipinski definition) is 8.